The van der Waals surface area contributed by atoms with Gasteiger partial charge < -0.3 is 16.0 Å². The molecular formula is C10H19N3O2. The SMILES string of the molecule is CC(N)CC(=O)NC1CCC(=O)N(C)C1. The van der Waals surface area contributed by atoms with E-state index in [1.165, 1.54) is 0 Å². The van der Waals surface area contributed by atoms with E-state index in [9.17, 15) is 9.59 Å². The lowest BCUT2D eigenvalue weighted by atomic mass is 10.1. The normalized spacial score (nSPS) is 23.8. The lowest BCUT2D eigenvalue weighted by Gasteiger charge is -2.30. The highest BCUT2D eigenvalue weighted by Gasteiger charge is 2.23. The molecule has 0 radical (unpaired) electrons. The minimum Gasteiger partial charge on any atom is -0.352 e. The number of carbonyl (C=O) groups is 2. The first-order valence-electron chi connectivity index (χ1n) is 5.28. The van der Waals surface area contributed by atoms with E-state index in [-0.39, 0.29) is 23.9 Å². The summed E-state index contributed by atoms with van der Waals surface area (Å²) in [6, 6.07) is -0.0353. The monoisotopic (exact) mass is 213 g/mol. The zero-order chi connectivity index (χ0) is 11.4. The molecule has 1 fully saturated rings. The summed E-state index contributed by atoms with van der Waals surface area (Å²) in [5, 5.41) is 2.89. The zero-order valence-electron chi connectivity index (χ0n) is 9.32. The summed E-state index contributed by atoms with van der Waals surface area (Å²) < 4.78 is 0. The van der Waals surface area contributed by atoms with Crippen LogP contribution in [0.5, 0.6) is 0 Å². The van der Waals surface area contributed by atoms with Crippen LogP contribution in [-0.4, -0.2) is 42.4 Å². The number of nitrogens with two attached hydrogens (primary N) is 1. The van der Waals surface area contributed by atoms with Crippen molar-refractivity contribution in [3.63, 3.8) is 0 Å². The van der Waals surface area contributed by atoms with Gasteiger partial charge in [-0.15, -0.1) is 0 Å². The fraction of sp³-hybridized carbons (Fsp3) is 0.800. The highest BCUT2D eigenvalue weighted by Crippen LogP contribution is 2.09. The first-order valence-corrected chi connectivity index (χ1v) is 5.28. The second kappa shape index (κ2) is 5.11. The van der Waals surface area contributed by atoms with Gasteiger partial charge in [-0.25, -0.2) is 0 Å². The van der Waals surface area contributed by atoms with Crippen LogP contribution in [0.3, 0.4) is 0 Å². The number of carbonyl (C=O) groups excluding carboxylic acids is 2. The summed E-state index contributed by atoms with van der Waals surface area (Å²) in [5.74, 6) is 0.116. The van der Waals surface area contributed by atoms with Gasteiger partial charge in [-0.2, -0.15) is 0 Å². The molecule has 2 amide bonds. The van der Waals surface area contributed by atoms with Gasteiger partial charge >= 0.3 is 0 Å². The van der Waals surface area contributed by atoms with Crippen LogP contribution in [0.2, 0.25) is 0 Å². The van der Waals surface area contributed by atoms with Crippen LogP contribution in [0, 0.1) is 0 Å². The molecular weight excluding hydrogens is 194 g/mol. The Labute approximate surface area is 90.0 Å². The van der Waals surface area contributed by atoms with E-state index >= 15 is 0 Å². The minimum absolute atomic E-state index is 0.0299. The number of hydrogen-bond acceptors (Lipinski definition) is 3. The quantitative estimate of drug-likeness (QED) is 0.661. The van der Waals surface area contributed by atoms with Crippen molar-refractivity contribution in [3.05, 3.63) is 0 Å². The van der Waals surface area contributed by atoms with Crippen molar-refractivity contribution in [3.8, 4) is 0 Å². The third kappa shape index (κ3) is 3.87. The van der Waals surface area contributed by atoms with Crippen LogP contribution in [0.25, 0.3) is 0 Å². The average molecular weight is 213 g/mol. The third-order valence-electron chi connectivity index (χ3n) is 2.50. The average Bonchev–Trinajstić information content (AvgIpc) is 2.10. The van der Waals surface area contributed by atoms with Crippen LogP contribution in [0.1, 0.15) is 26.2 Å². The van der Waals surface area contributed by atoms with Crippen molar-refractivity contribution in [2.24, 2.45) is 5.73 Å². The zero-order valence-corrected chi connectivity index (χ0v) is 9.32. The summed E-state index contributed by atoms with van der Waals surface area (Å²) in [5.41, 5.74) is 5.52. The van der Waals surface area contributed by atoms with Crippen molar-refractivity contribution < 1.29 is 9.59 Å². The molecule has 2 unspecified atom stereocenters. The maximum atomic E-state index is 11.4. The van der Waals surface area contributed by atoms with Crippen LogP contribution in [0.4, 0.5) is 0 Å². The number of piperidine rings is 1. The van der Waals surface area contributed by atoms with Gasteiger partial charge in [-0.05, 0) is 13.3 Å². The number of rotatable bonds is 3. The van der Waals surface area contributed by atoms with Gasteiger partial charge in [0.25, 0.3) is 0 Å². The summed E-state index contributed by atoms with van der Waals surface area (Å²) >= 11 is 0. The lowest BCUT2D eigenvalue weighted by Crippen LogP contribution is -2.49. The number of hydrogen-bond donors (Lipinski definition) is 2. The first kappa shape index (κ1) is 12.0. The summed E-state index contributed by atoms with van der Waals surface area (Å²) in [6.45, 7) is 2.40. The molecule has 0 spiro atoms. The van der Waals surface area contributed by atoms with E-state index in [2.05, 4.69) is 5.32 Å². The highest BCUT2D eigenvalue weighted by atomic mass is 16.2. The molecule has 0 aromatic carbocycles. The van der Waals surface area contributed by atoms with Crippen LogP contribution < -0.4 is 11.1 Å². The van der Waals surface area contributed by atoms with Crippen molar-refractivity contribution >= 4 is 11.8 Å². The molecule has 1 saturated heterocycles. The van der Waals surface area contributed by atoms with E-state index in [4.69, 9.17) is 5.73 Å². The van der Waals surface area contributed by atoms with E-state index in [0.717, 1.165) is 6.42 Å². The number of nitrogens with zero attached hydrogens (tertiary/aromatic N) is 1. The van der Waals surface area contributed by atoms with Gasteiger partial charge in [0.2, 0.25) is 11.8 Å². The molecule has 5 nitrogen and oxygen atoms in total. The van der Waals surface area contributed by atoms with Gasteiger partial charge in [0.15, 0.2) is 0 Å². The minimum atomic E-state index is -0.118. The molecule has 1 aliphatic rings. The predicted octanol–water partition coefficient (Wildman–Crippen LogP) is -0.539. The second-order valence-corrected chi connectivity index (χ2v) is 4.26. The Bertz CT molecular complexity index is 253. The van der Waals surface area contributed by atoms with Gasteiger partial charge in [0.05, 0.1) is 0 Å². The largest absolute Gasteiger partial charge is 0.352 e. The molecule has 3 N–H and O–H groups in total. The molecule has 2 atom stereocenters. The van der Waals surface area contributed by atoms with Crippen molar-refractivity contribution in [1.29, 1.82) is 0 Å². The van der Waals surface area contributed by atoms with E-state index in [1.807, 2.05) is 0 Å². The lowest BCUT2D eigenvalue weighted by molar-refractivity contribution is -0.134. The Kier molecular flexibility index (Phi) is 4.08. The first-order chi connectivity index (χ1) is 6.99. The number of amides is 2. The summed E-state index contributed by atoms with van der Waals surface area (Å²) in [7, 11) is 1.76. The summed E-state index contributed by atoms with van der Waals surface area (Å²) in [6.07, 6.45) is 1.58. The molecule has 0 aromatic rings. The maximum absolute atomic E-state index is 11.4. The topological polar surface area (TPSA) is 75.4 Å². The maximum Gasteiger partial charge on any atom is 0.222 e. The molecule has 15 heavy (non-hydrogen) atoms. The molecule has 1 rings (SSSR count). The molecule has 0 aliphatic carbocycles. The Balaban J connectivity index is 2.33. The molecule has 1 aliphatic heterocycles. The molecule has 5 heteroatoms. The van der Waals surface area contributed by atoms with Crippen molar-refractivity contribution in [1.82, 2.24) is 10.2 Å². The van der Waals surface area contributed by atoms with E-state index in [0.29, 0.717) is 19.4 Å². The molecule has 86 valence electrons. The molecule has 1 heterocycles. The fourth-order valence-electron chi connectivity index (χ4n) is 1.71. The van der Waals surface area contributed by atoms with Crippen molar-refractivity contribution in [2.45, 2.75) is 38.3 Å². The predicted molar refractivity (Wildman–Crippen MR) is 57.1 cm³/mol. The molecule has 0 saturated carbocycles. The van der Waals surface area contributed by atoms with Gasteiger partial charge in [-0.3, -0.25) is 9.59 Å². The smallest absolute Gasteiger partial charge is 0.222 e. The molecule has 0 aromatic heterocycles. The second-order valence-electron chi connectivity index (χ2n) is 4.26. The van der Waals surface area contributed by atoms with Gasteiger partial charge in [0.1, 0.15) is 0 Å². The Hall–Kier alpha value is -1.10. The highest BCUT2D eigenvalue weighted by molar-refractivity contribution is 5.79. The van der Waals surface area contributed by atoms with Crippen LogP contribution in [-0.2, 0) is 9.59 Å². The standard InChI is InChI=1S/C10H19N3O2/c1-7(11)5-9(14)12-8-3-4-10(15)13(2)6-8/h7-8H,3-6,11H2,1-2H3,(H,12,14). The van der Waals surface area contributed by atoms with Crippen molar-refractivity contribution in [2.75, 3.05) is 13.6 Å². The number of nitrogens with one attached hydrogen (secondary N) is 1. The number of likely N-dealkylation sites (tertiary alicyclic amines) is 1. The fourth-order valence-corrected chi connectivity index (χ4v) is 1.71. The summed E-state index contributed by atoms with van der Waals surface area (Å²) in [4.78, 5) is 24.3. The van der Waals surface area contributed by atoms with Crippen LogP contribution in [0.15, 0.2) is 0 Å². The van der Waals surface area contributed by atoms with Crippen LogP contribution >= 0.6 is 0 Å². The third-order valence-corrected chi connectivity index (χ3v) is 2.50. The van der Waals surface area contributed by atoms with E-state index < -0.39 is 0 Å². The Morgan fingerprint density at radius 3 is 2.93 bits per heavy atom. The number of likely N-dealkylation sites (N-methyl/N-ethyl adjacent to an activating group) is 1. The molecule has 0 bridgehead atoms. The van der Waals surface area contributed by atoms with Gasteiger partial charge in [0, 0.05) is 38.5 Å². The van der Waals surface area contributed by atoms with Gasteiger partial charge in [-0.1, -0.05) is 0 Å². The Morgan fingerprint density at radius 1 is 1.73 bits per heavy atom. The Morgan fingerprint density at radius 2 is 2.40 bits per heavy atom. The van der Waals surface area contributed by atoms with E-state index in [1.54, 1.807) is 18.9 Å².